The average molecular weight is 530 g/mol. The summed E-state index contributed by atoms with van der Waals surface area (Å²) in [6, 6.07) is 3.99. The fraction of sp³-hybridized carbons (Fsp3) is 0.556. The number of ether oxygens (including phenoxy) is 1. The summed E-state index contributed by atoms with van der Waals surface area (Å²) in [4.78, 5) is 31.0. The molecular weight excluding hydrogens is 496 g/mol. The lowest BCUT2D eigenvalue weighted by atomic mass is 9.85. The molecule has 11 heteroatoms. The van der Waals surface area contributed by atoms with E-state index >= 15 is 0 Å². The zero-order valence-electron chi connectivity index (χ0n) is 21.8. The molecule has 0 bridgehead atoms. The van der Waals surface area contributed by atoms with Crippen LogP contribution in [0.25, 0.3) is 11.0 Å². The number of amides is 1. The van der Waals surface area contributed by atoms with Gasteiger partial charge >= 0.3 is 12.1 Å². The van der Waals surface area contributed by atoms with Crippen molar-refractivity contribution in [2.75, 3.05) is 12.0 Å². The van der Waals surface area contributed by atoms with Gasteiger partial charge < -0.3 is 14.4 Å². The first-order chi connectivity index (χ1) is 18.2. The average Bonchev–Trinajstić information content (AvgIpc) is 3.53. The fourth-order valence-corrected chi connectivity index (χ4v) is 6.06. The molecule has 38 heavy (non-hydrogen) atoms. The second-order valence-electron chi connectivity index (χ2n) is 10.5. The Labute approximate surface area is 219 Å². The summed E-state index contributed by atoms with van der Waals surface area (Å²) >= 11 is 0. The third-order valence-corrected chi connectivity index (χ3v) is 8.07. The Kier molecular flexibility index (Phi) is 7.11. The van der Waals surface area contributed by atoms with Crippen molar-refractivity contribution in [2.24, 2.45) is 5.92 Å². The molecule has 0 saturated heterocycles. The van der Waals surface area contributed by atoms with Gasteiger partial charge in [0.15, 0.2) is 0 Å². The molecule has 2 atom stereocenters. The van der Waals surface area contributed by atoms with Crippen LogP contribution in [0.3, 0.4) is 0 Å². The summed E-state index contributed by atoms with van der Waals surface area (Å²) in [6.45, 7) is 4.36. The number of carbonyl (C=O) groups is 2. The van der Waals surface area contributed by atoms with Gasteiger partial charge in [-0.3, -0.25) is 14.4 Å². The first-order valence-electron chi connectivity index (χ1n) is 13.1. The van der Waals surface area contributed by atoms with Crippen LogP contribution in [0.4, 0.5) is 19.3 Å². The normalized spacial score (nSPS) is 22.5. The quantitative estimate of drug-likeness (QED) is 0.440. The molecule has 1 saturated carbocycles. The van der Waals surface area contributed by atoms with Gasteiger partial charge in [-0.05, 0) is 57.6 Å². The van der Waals surface area contributed by atoms with Gasteiger partial charge in [-0.25, -0.2) is 18.6 Å². The van der Waals surface area contributed by atoms with Crippen LogP contribution in [0.5, 0.6) is 0 Å². The maximum atomic E-state index is 13.1. The van der Waals surface area contributed by atoms with E-state index in [4.69, 9.17) is 9.72 Å². The number of imidazole rings is 1. The number of hydrogen-bond acceptors (Lipinski definition) is 5. The van der Waals surface area contributed by atoms with E-state index in [1.807, 2.05) is 26.0 Å². The van der Waals surface area contributed by atoms with E-state index in [0.29, 0.717) is 32.2 Å². The predicted octanol–water partition coefficient (Wildman–Crippen LogP) is 5.70. The van der Waals surface area contributed by atoms with Crippen LogP contribution in [0.1, 0.15) is 81.3 Å². The van der Waals surface area contributed by atoms with Crippen molar-refractivity contribution >= 4 is 28.8 Å². The van der Waals surface area contributed by atoms with Gasteiger partial charge in [-0.15, -0.1) is 0 Å². The molecule has 2 aliphatic rings. The zero-order valence-corrected chi connectivity index (χ0v) is 21.8. The Hall–Kier alpha value is -3.50. The maximum absolute atomic E-state index is 13.1. The Bertz CT molecular complexity index is 1340. The minimum Gasteiger partial charge on any atom is -0.481 e. The summed E-state index contributed by atoms with van der Waals surface area (Å²) in [7, 11) is 1.37. The number of benzene rings is 1. The first kappa shape index (κ1) is 26.1. The van der Waals surface area contributed by atoms with Gasteiger partial charge in [-0.2, -0.15) is 5.10 Å². The van der Waals surface area contributed by atoms with Crippen molar-refractivity contribution in [3.05, 3.63) is 41.5 Å². The summed E-state index contributed by atoms with van der Waals surface area (Å²) in [5.74, 6) is -0.446. The van der Waals surface area contributed by atoms with Gasteiger partial charge in [0.1, 0.15) is 5.82 Å². The van der Waals surface area contributed by atoms with Crippen molar-refractivity contribution in [1.82, 2.24) is 19.3 Å². The monoisotopic (exact) mass is 529 g/mol. The minimum absolute atomic E-state index is 0.0111. The topological polar surface area (TPSA) is 102 Å². The van der Waals surface area contributed by atoms with Crippen LogP contribution in [0.15, 0.2) is 24.5 Å². The molecule has 1 aliphatic carbocycles. The lowest BCUT2D eigenvalue weighted by Crippen LogP contribution is -2.42. The molecule has 3 aromatic rings. The van der Waals surface area contributed by atoms with Crippen LogP contribution in [-0.2, 0) is 22.5 Å². The van der Waals surface area contributed by atoms with Crippen LogP contribution in [0.2, 0.25) is 0 Å². The molecule has 1 aromatic carbocycles. The first-order valence-corrected chi connectivity index (χ1v) is 13.1. The van der Waals surface area contributed by atoms with Gasteiger partial charge in [0.05, 0.1) is 48.1 Å². The van der Waals surface area contributed by atoms with E-state index in [9.17, 15) is 23.5 Å². The molecule has 0 spiro atoms. The summed E-state index contributed by atoms with van der Waals surface area (Å²) in [6.07, 6.45) is 3.68. The van der Waals surface area contributed by atoms with Crippen molar-refractivity contribution < 1.29 is 28.2 Å². The smallest absolute Gasteiger partial charge is 0.414 e. The number of carboxylic acids is 1. The summed E-state index contributed by atoms with van der Waals surface area (Å²) in [5.41, 5.74) is 3.41. The van der Waals surface area contributed by atoms with Crippen LogP contribution in [0, 0.1) is 5.92 Å². The molecule has 204 valence electrons. The van der Waals surface area contributed by atoms with Crippen molar-refractivity contribution in [3.63, 3.8) is 0 Å². The molecule has 0 radical (unpaired) electrons. The van der Waals surface area contributed by atoms with Gasteiger partial charge in [0.25, 0.3) is 6.43 Å². The number of carbonyl (C=O) groups excluding carboxylic acids is 1. The fourth-order valence-electron chi connectivity index (χ4n) is 6.06. The highest BCUT2D eigenvalue weighted by molar-refractivity contribution is 5.95. The van der Waals surface area contributed by atoms with Crippen LogP contribution >= 0.6 is 0 Å². The van der Waals surface area contributed by atoms with Gasteiger partial charge in [-0.1, -0.05) is 6.92 Å². The minimum atomic E-state index is -2.58. The molecular formula is C27H33F2N5O4. The molecule has 3 heterocycles. The van der Waals surface area contributed by atoms with E-state index in [1.165, 1.54) is 24.2 Å². The predicted molar refractivity (Wildman–Crippen MR) is 137 cm³/mol. The molecule has 0 unspecified atom stereocenters. The van der Waals surface area contributed by atoms with Gasteiger partial charge in [0.2, 0.25) is 0 Å². The number of rotatable bonds is 6. The lowest BCUT2D eigenvalue weighted by molar-refractivity contribution is -0.143. The standard InChI is InChI=1S/C27H33F2N5O4/c1-15(13-32-14-18(12-30-32)24(28)29)25-31-23-20-9-4-16(2)33(27(37)38-3)21(20)10-11-22(23)34(25)19-7-5-17(6-8-19)26(35)36/h10-12,14-17,19,24H,4-9,13H2,1-3H3,(H,35,36)/t15-,16-,17?,19?/m0/s1. The van der Waals surface area contributed by atoms with E-state index in [1.54, 1.807) is 4.90 Å². The number of halogens is 2. The van der Waals surface area contributed by atoms with Crippen molar-refractivity contribution in [1.29, 1.82) is 0 Å². The number of anilines is 1. The summed E-state index contributed by atoms with van der Waals surface area (Å²) < 4.78 is 35.1. The number of aromatic nitrogens is 4. The SMILES string of the molecule is COC(=O)N1c2ccc3c(nc([C@@H](C)Cn4cc(C(F)F)cn4)n3C3CCC(C(=O)O)CC3)c2CC[C@@H]1C. The molecule has 2 aromatic heterocycles. The Balaban J connectivity index is 1.58. The number of nitrogens with zero attached hydrogens (tertiary/aromatic N) is 5. The number of methoxy groups -OCH3 is 1. The Morgan fingerprint density at radius 1 is 1.18 bits per heavy atom. The lowest BCUT2D eigenvalue weighted by Gasteiger charge is -2.34. The molecule has 1 aliphatic heterocycles. The molecule has 5 rings (SSSR count). The molecule has 1 amide bonds. The van der Waals surface area contributed by atoms with Crippen molar-refractivity contribution in [2.45, 2.75) is 83.3 Å². The highest BCUT2D eigenvalue weighted by atomic mass is 19.3. The van der Waals surface area contributed by atoms with Crippen molar-refractivity contribution in [3.8, 4) is 0 Å². The number of hydrogen-bond donors (Lipinski definition) is 1. The zero-order chi connectivity index (χ0) is 27.1. The Morgan fingerprint density at radius 3 is 2.55 bits per heavy atom. The number of aryl methyl sites for hydroxylation is 1. The highest BCUT2D eigenvalue weighted by Gasteiger charge is 2.34. The third kappa shape index (κ3) is 4.63. The number of fused-ring (bicyclic) bond motifs is 3. The van der Waals surface area contributed by atoms with Gasteiger partial charge in [0, 0.05) is 29.8 Å². The third-order valence-electron chi connectivity index (χ3n) is 8.07. The highest BCUT2D eigenvalue weighted by Crippen LogP contribution is 2.41. The number of carboxylic acid groups (broad SMARTS) is 1. The number of alkyl halides is 2. The largest absolute Gasteiger partial charge is 0.481 e. The van der Waals surface area contributed by atoms with E-state index in [2.05, 4.69) is 9.67 Å². The Morgan fingerprint density at radius 2 is 1.92 bits per heavy atom. The molecule has 1 fully saturated rings. The van der Waals surface area contributed by atoms with E-state index in [-0.39, 0.29) is 29.5 Å². The second-order valence-corrected chi connectivity index (χ2v) is 10.5. The molecule has 9 nitrogen and oxygen atoms in total. The van der Waals surface area contributed by atoms with E-state index in [0.717, 1.165) is 41.0 Å². The number of aliphatic carboxylic acids is 1. The second kappa shape index (κ2) is 10.3. The van der Waals surface area contributed by atoms with Crippen LogP contribution in [-0.4, -0.2) is 49.7 Å². The molecule has 1 N–H and O–H groups in total. The summed E-state index contributed by atoms with van der Waals surface area (Å²) in [5, 5.41) is 13.6. The van der Waals surface area contributed by atoms with Crippen LogP contribution < -0.4 is 4.90 Å². The maximum Gasteiger partial charge on any atom is 0.414 e. The van der Waals surface area contributed by atoms with E-state index < -0.39 is 18.5 Å².